The van der Waals surface area contributed by atoms with Gasteiger partial charge >= 0.3 is 0 Å². The molecule has 0 amide bonds. The molecule has 2 aromatic heterocycles. The molecule has 0 spiro atoms. The summed E-state index contributed by atoms with van der Waals surface area (Å²) >= 11 is 0. The standard InChI is InChI=1S/C66H41NO2/c1-4-15-52-44(12-1)32-38-53(48-33-39-59-57-18-7-9-22-62(57)68-64(59)41-48)65(52)46-30-36-50(37-31-46)67(61-40-47-13-2-3-14-51(47)55-16-5-6-17-56(55)61)49-34-28-43(29-35-49)42-24-26-45(27-25-42)54-20-11-21-60-58-19-8-10-23-63(58)69-66(54)60/h1-41H. The SMILES string of the molecule is c1ccc2c(-c3ccc(N(c4ccc(-c5ccc(-c6cccc7c6oc6ccccc67)cc5)cc4)c4cc5ccccc5c5ccccc45)cc3)c(-c3ccc4c(c3)oc3ccccc34)ccc2c1. The lowest BCUT2D eigenvalue weighted by Gasteiger charge is -2.28. The number of fused-ring (bicyclic) bond motifs is 10. The first-order valence-electron chi connectivity index (χ1n) is 23.6. The topological polar surface area (TPSA) is 29.5 Å². The van der Waals surface area contributed by atoms with Crippen molar-refractivity contribution in [2.75, 3.05) is 4.90 Å². The lowest BCUT2D eigenvalue weighted by molar-refractivity contribution is 0.669. The van der Waals surface area contributed by atoms with Gasteiger partial charge in [0.25, 0.3) is 0 Å². The van der Waals surface area contributed by atoms with E-state index in [2.05, 4.69) is 229 Å². The molecule has 0 N–H and O–H groups in total. The van der Waals surface area contributed by atoms with E-state index in [1.54, 1.807) is 0 Å². The van der Waals surface area contributed by atoms with Crippen molar-refractivity contribution in [2.24, 2.45) is 0 Å². The van der Waals surface area contributed by atoms with Crippen molar-refractivity contribution < 1.29 is 8.83 Å². The number of hydrogen-bond donors (Lipinski definition) is 0. The van der Waals surface area contributed by atoms with E-state index in [0.29, 0.717) is 0 Å². The van der Waals surface area contributed by atoms with E-state index in [0.717, 1.165) is 99.9 Å². The average molecular weight is 880 g/mol. The third-order valence-electron chi connectivity index (χ3n) is 14.1. The fourth-order valence-electron chi connectivity index (χ4n) is 10.8. The molecule has 0 bridgehead atoms. The normalized spacial score (nSPS) is 11.8. The Morgan fingerprint density at radius 2 is 0.783 bits per heavy atom. The van der Waals surface area contributed by atoms with Crippen LogP contribution in [0.3, 0.4) is 0 Å². The highest BCUT2D eigenvalue weighted by Crippen LogP contribution is 2.45. The highest BCUT2D eigenvalue weighted by molar-refractivity contribution is 6.15. The number of anilines is 3. The Balaban J connectivity index is 0.875. The molecule has 0 saturated carbocycles. The van der Waals surface area contributed by atoms with Crippen LogP contribution in [0, 0.1) is 0 Å². The summed E-state index contributed by atoms with van der Waals surface area (Å²) in [6.45, 7) is 0. The second kappa shape index (κ2) is 15.7. The van der Waals surface area contributed by atoms with Crippen LogP contribution >= 0.6 is 0 Å². The summed E-state index contributed by atoms with van der Waals surface area (Å²) < 4.78 is 12.8. The van der Waals surface area contributed by atoms with Crippen LogP contribution in [0.25, 0.3) is 121 Å². The first-order valence-corrected chi connectivity index (χ1v) is 23.6. The Kier molecular flexibility index (Phi) is 8.90. The zero-order valence-electron chi connectivity index (χ0n) is 37.4. The minimum atomic E-state index is 0.890. The molecule has 3 heteroatoms. The van der Waals surface area contributed by atoms with E-state index in [-0.39, 0.29) is 0 Å². The first kappa shape index (κ1) is 39.0. The molecule has 14 rings (SSSR count). The molecular formula is C66H41NO2. The maximum absolute atomic E-state index is 6.40. The summed E-state index contributed by atoms with van der Waals surface area (Å²) in [6.07, 6.45) is 0. The third-order valence-corrected chi connectivity index (χ3v) is 14.1. The summed E-state index contributed by atoms with van der Waals surface area (Å²) in [5, 5.41) is 11.8. The molecule has 12 aromatic carbocycles. The molecule has 0 radical (unpaired) electrons. The molecule has 0 aliphatic carbocycles. The summed E-state index contributed by atoms with van der Waals surface area (Å²) in [5.41, 5.74) is 16.0. The van der Waals surface area contributed by atoms with Gasteiger partial charge in [0.15, 0.2) is 0 Å². The zero-order chi connectivity index (χ0) is 45.4. The number of nitrogens with zero attached hydrogens (tertiary/aromatic N) is 1. The van der Waals surface area contributed by atoms with E-state index in [1.807, 2.05) is 24.3 Å². The minimum absolute atomic E-state index is 0.890. The average Bonchev–Trinajstić information content (AvgIpc) is 3.99. The predicted octanol–water partition coefficient (Wildman–Crippen LogP) is 19.1. The Morgan fingerprint density at radius 3 is 1.52 bits per heavy atom. The van der Waals surface area contributed by atoms with Gasteiger partial charge in [0.2, 0.25) is 0 Å². The highest BCUT2D eigenvalue weighted by atomic mass is 16.3. The molecule has 0 unspecified atom stereocenters. The second-order valence-electron chi connectivity index (χ2n) is 18.0. The monoisotopic (exact) mass is 879 g/mol. The van der Waals surface area contributed by atoms with Gasteiger partial charge in [-0.3, -0.25) is 0 Å². The molecule has 0 aliphatic rings. The Hall–Kier alpha value is -9.18. The highest BCUT2D eigenvalue weighted by Gasteiger charge is 2.20. The van der Waals surface area contributed by atoms with Crippen molar-refractivity contribution >= 4 is 93.3 Å². The minimum Gasteiger partial charge on any atom is -0.456 e. The van der Waals surface area contributed by atoms with Crippen LogP contribution in [0.2, 0.25) is 0 Å². The summed E-state index contributed by atoms with van der Waals surface area (Å²) in [7, 11) is 0. The quantitative estimate of drug-likeness (QED) is 0.149. The summed E-state index contributed by atoms with van der Waals surface area (Å²) in [4.78, 5) is 2.42. The van der Waals surface area contributed by atoms with Gasteiger partial charge in [0, 0.05) is 43.9 Å². The Morgan fingerprint density at radius 1 is 0.261 bits per heavy atom. The van der Waals surface area contributed by atoms with Crippen molar-refractivity contribution in [2.45, 2.75) is 0 Å². The maximum Gasteiger partial charge on any atom is 0.143 e. The second-order valence-corrected chi connectivity index (χ2v) is 18.0. The van der Waals surface area contributed by atoms with Gasteiger partial charge in [0.05, 0.1) is 5.69 Å². The lowest BCUT2D eigenvalue weighted by atomic mass is 9.89. The van der Waals surface area contributed by atoms with Gasteiger partial charge in [-0.15, -0.1) is 0 Å². The molecule has 0 aliphatic heterocycles. The molecule has 0 saturated heterocycles. The maximum atomic E-state index is 6.40. The van der Waals surface area contributed by atoms with E-state index in [4.69, 9.17) is 8.83 Å². The van der Waals surface area contributed by atoms with Gasteiger partial charge in [0.1, 0.15) is 22.3 Å². The fraction of sp³-hybridized carbons (Fsp3) is 0. The van der Waals surface area contributed by atoms with Gasteiger partial charge in [-0.25, -0.2) is 0 Å². The largest absolute Gasteiger partial charge is 0.456 e. The van der Waals surface area contributed by atoms with Crippen molar-refractivity contribution in [3.8, 4) is 44.5 Å². The van der Waals surface area contributed by atoms with Crippen molar-refractivity contribution in [3.63, 3.8) is 0 Å². The van der Waals surface area contributed by atoms with Crippen LogP contribution in [-0.4, -0.2) is 0 Å². The van der Waals surface area contributed by atoms with E-state index >= 15 is 0 Å². The van der Waals surface area contributed by atoms with Crippen LogP contribution < -0.4 is 4.90 Å². The van der Waals surface area contributed by atoms with Crippen molar-refractivity contribution in [1.82, 2.24) is 0 Å². The molecule has 69 heavy (non-hydrogen) atoms. The predicted molar refractivity (Wildman–Crippen MR) is 290 cm³/mol. The molecule has 3 nitrogen and oxygen atoms in total. The lowest BCUT2D eigenvalue weighted by Crippen LogP contribution is -2.10. The van der Waals surface area contributed by atoms with Crippen LogP contribution in [0.1, 0.15) is 0 Å². The van der Waals surface area contributed by atoms with E-state index in [9.17, 15) is 0 Å². The number of furan rings is 2. The van der Waals surface area contributed by atoms with Crippen LogP contribution in [-0.2, 0) is 0 Å². The molecule has 0 atom stereocenters. The fourth-order valence-corrected chi connectivity index (χ4v) is 10.8. The van der Waals surface area contributed by atoms with Gasteiger partial charge in [-0.05, 0) is 120 Å². The number of benzene rings is 12. The van der Waals surface area contributed by atoms with Crippen molar-refractivity contribution in [1.29, 1.82) is 0 Å². The van der Waals surface area contributed by atoms with Gasteiger partial charge in [-0.1, -0.05) is 194 Å². The van der Waals surface area contributed by atoms with Gasteiger partial charge < -0.3 is 13.7 Å². The van der Waals surface area contributed by atoms with Crippen LogP contribution in [0.5, 0.6) is 0 Å². The molecule has 0 fully saturated rings. The van der Waals surface area contributed by atoms with E-state index in [1.165, 1.54) is 37.9 Å². The summed E-state index contributed by atoms with van der Waals surface area (Å²) in [6, 6.07) is 89.6. The third kappa shape index (κ3) is 6.43. The molecular weight excluding hydrogens is 839 g/mol. The molecule has 14 aromatic rings. The van der Waals surface area contributed by atoms with Crippen LogP contribution in [0.4, 0.5) is 17.1 Å². The van der Waals surface area contributed by atoms with E-state index < -0.39 is 0 Å². The Labute approximate surface area is 398 Å². The molecule has 322 valence electrons. The molecule has 2 heterocycles. The summed E-state index contributed by atoms with van der Waals surface area (Å²) in [5.74, 6) is 0. The number of para-hydroxylation sites is 3. The van der Waals surface area contributed by atoms with Gasteiger partial charge in [-0.2, -0.15) is 0 Å². The number of rotatable bonds is 7. The number of hydrogen-bond acceptors (Lipinski definition) is 3. The smallest absolute Gasteiger partial charge is 0.143 e. The first-order chi connectivity index (χ1) is 34.2. The van der Waals surface area contributed by atoms with Crippen LogP contribution in [0.15, 0.2) is 258 Å². The zero-order valence-corrected chi connectivity index (χ0v) is 37.4. The Bertz CT molecular complexity index is 4290. The van der Waals surface area contributed by atoms with Crippen molar-refractivity contribution in [3.05, 3.63) is 249 Å².